The molecule has 0 amide bonds. The summed E-state index contributed by atoms with van der Waals surface area (Å²) in [7, 11) is 0. The summed E-state index contributed by atoms with van der Waals surface area (Å²) in [4.78, 5) is 0. The summed E-state index contributed by atoms with van der Waals surface area (Å²) in [6.07, 6.45) is 0. The molecule has 0 aromatic heterocycles. The molecule has 6 heavy (non-hydrogen) atoms. The van der Waals surface area contributed by atoms with Crippen molar-refractivity contribution < 1.29 is 0 Å². The van der Waals surface area contributed by atoms with E-state index < -0.39 is 0 Å². The van der Waals surface area contributed by atoms with E-state index in [0.717, 1.165) is 0 Å². The highest BCUT2D eigenvalue weighted by Gasteiger charge is 1.41. The number of halogens is 4. The van der Waals surface area contributed by atoms with Crippen LogP contribution in [-0.4, -0.2) is 6.32 Å². The second-order valence-corrected chi connectivity index (χ2v) is 6.58. The van der Waals surface area contributed by atoms with Crippen LogP contribution < -0.4 is 0 Å². The van der Waals surface area contributed by atoms with E-state index in [9.17, 15) is 0 Å². The van der Waals surface area contributed by atoms with Crippen LogP contribution in [0.15, 0.2) is 0 Å². The monoisotopic (exact) mass is 444 g/mol. The van der Waals surface area contributed by atoms with Gasteiger partial charge in [-0.05, 0) is 0 Å². The van der Waals surface area contributed by atoms with Gasteiger partial charge in [0, 0.05) is 0 Å². The molecule has 0 aromatic rings. The molecule has 0 aromatic carbocycles. The Morgan fingerprint density at radius 2 is 1.17 bits per heavy atom. The molecule has 0 radical (unpaired) electrons. The van der Waals surface area contributed by atoms with Crippen molar-refractivity contribution in [1.82, 2.24) is 0 Å². The van der Waals surface area contributed by atoms with Crippen LogP contribution in [0, 0.1) is 0 Å². The van der Waals surface area contributed by atoms with E-state index in [-0.39, 0.29) is 0 Å². The zero-order valence-electron chi connectivity index (χ0n) is 2.93. The SMILES string of the molecule is ClCI.ICI. The molecule has 0 bridgehead atoms. The van der Waals surface area contributed by atoms with Crippen molar-refractivity contribution in [3.63, 3.8) is 0 Å². The maximum Gasteiger partial charge on any atom is 0.0742 e. The van der Waals surface area contributed by atoms with Gasteiger partial charge < -0.3 is 0 Å². The second-order valence-electron chi connectivity index (χ2n) is 0.202. The van der Waals surface area contributed by atoms with Crippen molar-refractivity contribution in [2.75, 3.05) is 6.32 Å². The third-order valence-corrected chi connectivity index (χ3v) is 0. The van der Waals surface area contributed by atoms with E-state index in [0.29, 0.717) is 3.89 Å². The van der Waals surface area contributed by atoms with Crippen molar-refractivity contribution in [3.05, 3.63) is 0 Å². The van der Waals surface area contributed by atoms with Gasteiger partial charge in [0.1, 0.15) is 0 Å². The lowest BCUT2D eigenvalue weighted by Crippen LogP contribution is -1.21. The first-order chi connectivity index (χ1) is 2.83. The lowest BCUT2D eigenvalue weighted by molar-refractivity contribution is 2.38. The minimum absolute atomic E-state index is 0.692. The minimum atomic E-state index is 0.692. The third-order valence-electron chi connectivity index (χ3n) is 0. The Hall–Kier alpha value is 2.48. The third kappa shape index (κ3) is 31.6. The van der Waals surface area contributed by atoms with E-state index in [1.807, 2.05) is 0 Å². The quantitative estimate of drug-likeness (QED) is 0.397. The molecule has 40 valence electrons. The second kappa shape index (κ2) is 15.6. The van der Waals surface area contributed by atoms with Gasteiger partial charge in [0.15, 0.2) is 0 Å². The van der Waals surface area contributed by atoms with Crippen molar-refractivity contribution in [1.29, 1.82) is 0 Å². The zero-order valence-corrected chi connectivity index (χ0v) is 10.2. The van der Waals surface area contributed by atoms with E-state index in [2.05, 4.69) is 67.8 Å². The largest absolute Gasteiger partial charge is 0.115 e. The molecule has 0 unspecified atom stereocenters. The van der Waals surface area contributed by atoms with Crippen molar-refractivity contribution in [2.45, 2.75) is 0 Å². The van der Waals surface area contributed by atoms with Crippen LogP contribution in [-0.2, 0) is 0 Å². The highest BCUT2D eigenvalue weighted by atomic mass is 127. The molecule has 0 rings (SSSR count). The summed E-state index contributed by atoms with van der Waals surface area (Å²) < 4.78 is 1.88. The van der Waals surface area contributed by atoms with Gasteiger partial charge in [0.25, 0.3) is 0 Å². The van der Waals surface area contributed by atoms with E-state index in [1.165, 1.54) is 2.43 Å². The predicted octanol–water partition coefficient (Wildman–Crippen LogP) is 3.43. The van der Waals surface area contributed by atoms with Gasteiger partial charge in [-0.15, -0.1) is 11.6 Å². The van der Waals surface area contributed by atoms with Crippen LogP contribution in [0.5, 0.6) is 0 Å². The summed E-state index contributed by atoms with van der Waals surface area (Å²) in [6, 6.07) is 0. The molecule has 0 fully saturated rings. The number of rotatable bonds is 0. The minimum Gasteiger partial charge on any atom is -0.115 e. The number of hydrogen-bond acceptors (Lipinski definition) is 0. The molecule has 4 heteroatoms. The first-order valence-electron chi connectivity index (χ1n) is 1.07. The first-order valence-corrected chi connectivity index (χ1v) is 6.18. The van der Waals surface area contributed by atoms with Gasteiger partial charge in [-0.1, -0.05) is 67.8 Å². The molecule has 0 aliphatic carbocycles. The van der Waals surface area contributed by atoms with Crippen molar-refractivity contribution in [2.24, 2.45) is 0 Å². The Balaban J connectivity index is 0. The standard InChI is InChI=1S/CH2ClI.CH2I2/c2*2-1-3/h2*1H2. The average Bonchev–Trinajstić information content (AvgIpc) is 1.39. The fourth-order valence-electron chi connectivity index (χ4n) is 0. The molecule has 0 aliphatic heterocycles. The van der Waals surface area contributed by atoms with Crippen molar-refractivity contribution in [3.8, 4) is 0 Å². The van der Waals surface area contributed by atoms with Gasteiger partial charge in [-0.3, -0.25) is 0 Å². The summed E-state index contributed by atoms with van der Waals surface area (Å²) in [5.41, 5.74) is 0. The number of hydrogen-bond donors (Lipinski definition) is 0. The molecular weight excluding hydrogens is 440 g/mol. The van der Waals surface area contributed by atoms with Gasteiger partial charge in [0.2, 0.25) is 0 Å². The molecular formula is C2H4ClI3. The summed E-state index contributed by atoms with van der Waals surface area (Å²) in [6.45, 7) is 0. The molecule has 0 nitrogen and oxygen atoms in total. The Morgan fingerprint density at radius 1 is 1.17 bits per heavy atom. The molecule has 0 aliphatic rings. The molecule has 0 saturated heterocycles. The van der Waals surface area contributed by atoms with Crippen LogP contribution in [0.3, 0.4) is 0 Å². The molecule has 0 saturated carbocycles. The lowest BCUT2D eigenvalue weighted by Gasteiger charge is -1.43. The van der Waals surface area contributed by atoms with Gasteiger partial charge in [-0.25, -0.2) is 0 Å². The van der Waals surface area contributed by atoms with Crippen LogP contribution in [0.4, 0.5) is 0 Å². The topological polar surface area (TPSA) is 0 Å². The molecule has 0 spiro atoms. The van der Waals surface area contributed by atoms with Gasteiger partial charge in [0.05, 0.1) is 6.32 Å². The fourth-order valence-corrected chi connectivity index (χ4v) is 0. The summed E-state index contributed by atoms with van der Waals surface area (Å²) >= 11 is 11.6. The highest BCUT2D eigenvalue weighted by molar-refractivity contribution is 14.2. The maximum atomic E-state index is 4.99. The predicted molar refractivity (Wildman–Crippen MR) is 57.6 cm³/mol. The van der Waals surface area contributed by atoms with Crippen LogP contribution in [0.25, 0.3) is 0 Å². The van der Waals surface area contributed by atoms with E-state index in [4.69, 9.17) is 11.6 Å². The van der Waals surface area contributed by atoms with E-state index in [1.54, 1.807) is 0 Å². The average molecular weight is 444 g/mol. The molecule has 0 atom stereocenters. The molecule has 0 heterocycles. The summed E-state index contributed by atoms with van der Waals surface area (Å²) in [5, 5.41) is 0. The Bertz CT molecular complexity index is 10.8. The lowest BCUT2D eigenvalue weighted by atomic mass is 12.0. The zero-order chi connectivity index (χ0) is 5.41. The van der Waals surface area contributed by atoms with Gasteiger partial charge in [-0.2, -0.15) is 0 Å². The van der Waals surface area contributed by atoms with Crippen LogP contribution >= 0.6 is 79.4 Å². The maximum absolute atomic E-state index is 4.99. The molecule has 0 N–H and O–H groups in total. The Labute approximate surface area is 84.2 Å². The summed E-state index contributed by atoms with van der Waals surface area (Å²) in [5.74, 6) is 0. The van der Waals surface area contributed by atoms with Crippen LogP contribution in [0.1, 0.15) is 0 Å². The van der Waals surface area contributed by atoms with E-state index >= 15 is 0 Å². The van der Waals surface area contributed by atoms with Gasteiger partial charge >= 0.3 is 0 Å². The van der Waals surface area contributed by atoms with Crippen molar-refractivity contribution >= 4 is 79.4 Å². The number of alkyl halides is 4. The van der Waals surface area contributed by atoms with Crippen LogP contribution in [0.2, 0.25) is 0 Å². The normalized spacial score (nSPS) is 6.00. The fraction of sp³-hybridized carbons (Fsp3) is 1.00. The smallest absolute Gasteiger partial charge is 0.0742 e. The first kappa shape index (κ1) is 11.3. The Kier molecular flexibility index (Phi) is 29.5. The highest BCUT2D eigenvalue weighted by Crippen LogP contribution is 1.86. The Morgan fingerprint density at radius 3 is 1.17 bits per heavy atom.